The molecule has 0 aliphatic heterocycles. The zero-order chi connectivity index (χ0) is 10.6. The van der Waals surface area contributed by atoms with Gasteiger partial charge in [0.25, 0.3) is 0 Å². The van der Waals surface area contributed by atoms with E-state index >= 15 is 0 Å². The van der Waals surface area contributed by atoms with Gasteiger partial charge in [-0.1, -0.05) is 13.3 Å². The van der Waals surface area contributed by atoms with Crippen LogP contribution in [0.4, 0.5) is 0 Å². The van der Waals surface area contributed by atoms with Crippen molar-refractivity contribution in [1.82, 2.24) is 0 Å². The van der Waals surface area contributed by atoms with Crippen LogP contribution in [0.5, 0.6) is 0 Å². The molecule has 0 bridgehead atoms. The molecule has 0 aromatic rings. The van der Waals surface area contributed by atoms with Crippen molar-refractivity contribution >= 4 is 5.78 Å². The molecular weight excluding hydrogens is 176 g/mol. The fourth-order valence-electron chi connectivity index (χ4n) is 1.73. The molecule has 0 fully saturated rings. The molecule has 2 heteroatoms. The van der Waals surface area contributed by atoms with Crippen LogP contribution in [-0.4, -0.2) is 11.9 Å². The molecule has 0 atom stereocenters. The summed E-state index contributed by atoms with van der Waals surface area (Å²) in [5.41, 5.74) is 0.959. The van der Waals surface area contributed by atoms with Crippen LogP contribution in [-0.2, 0) is 9.53 Å². The van der Waals surface area contributed by atoms with E-state index in [0.717, 1.165) is 37.0 Å². The number of rotatable bonds is 5. The summed E-state index contributed by atoms with van der Waals surface area (Å²) in [7, 11) is 0. The Labute approximate surface area is 86.3 Å². The normalized spacial score (nSPS) is 17.0. The standard InChI is InChI=1S/C12H20O2/c1-4-5-6-10-11(13)7-8-12(10)14-9(2)3/h9H,4-8H2,1-3H3. The largest absolute Gasteiger partial charge is 0.495 e. The van der Waals surface area contributed by atoms with Gasteiger partial charge in [0, 0.05) is 18.4 Å². The molecule has 1 aliphatic carbocycles. The van der Waals surface area contributed by atoms with E-state index in [0.29, 0.717) is 12.2 Å². The Morgan fingerprint density at radius 1 is 1.36 bits per heavy atom. The van der Waals surface area contributed by atoms with Crippen molar-refractivity contribution < 1.29 is 9.53 Å². The minimum Gasteiger partial charge on any atom is -0.495 e. The third kappa shape index (κ3) is 2.86. The van der Waals surface area contributed by atoms with E-state index in [4.69, 9.17) is 4.74 Å². The van der Waals surface area contributed by atoms with Gasteiger partial charge in [-0.15, -0.1) is 0 Å². The van der Waals surface area contributed by atoms with E-state index in [2.05, 4.69) is 6.92 Å². The predicted octanol–water partition coefficient (Wildman–Crippen LogP) is 3.22. The fraction of sp³-hybridized carbons (Fsp3) is 0.750. The molecule has 1 aliphatic rings. The molecule has 0 spiro atoms. The van der Waals surface area contributed by atoms with Gasteiger partial charge in [-0.2, -0.15) is 0 Å². The molecule has 80 valence electrons. The predicted molar refractivity (Wildman–Crippen MR) is 57.0 cm³/mol. The lowest BCUT2D eigenvalue weighted by molar-refractivity contribution is -0.115. The smallest absolute Gasteiger partial charge is 0.162 e. The number of unbranched alkanes of at least 4 members (excludes halogenated alkanes) is 1. The van der Waals surface area contributed by atoms with E-state index < -0.39 is 0 Å². The van der Waals surface area contributed by atoms with Gasteiger partial charge in [0.15, 0.2) is 5.78 Å². The quantitative estimate of drug-likeness (QED) is 0.675. The summed E-state index contributed by atoms with van der Waals surface area (Å²) in [6.07, 6.45) is 4.78. The molecule has 0 aromatic heterocycles. The second-order valence-electron chi connectivity index (χ2n) is 4.10. The molecule has 2 nitrogen and oxygen atoms in total. The summed E-state index contributed by atoms with van der Waals surface area (Å²) in [6.45, 7) is 6.16. The Hall–Kier alpha value is -0.790. The molecule has 0 saturated carbocycles. The Morgan fingerprint density at radius 2 is 2.07 bits per heavy atom. The van der Waals surface area contributed by atoms with Crippen molar-refractivity contribution in [2.24, 2.45) is 0 Å². The van der Waals surface area contributed by atoms with Gasteiger partial charge < -0.3 is 4.74 Å². The first kappa shape index (κ1) is 11.3. The van der Waals surface area contributed by atoms with Crippen molar-refractivity contribution in [2.75, 3.05) is 0 Å². The summed E-state index contributed by atoms with van der Waals surface area (Å²) in [5.74, 6) is 1.26. The zero-order valence-electron chi connectivity index (χ0n) is 9.43. The van der Waals surface area contributed by atoms with E-state index in [1.165, 1.54) is 0 Å². The number of carbonyl (C=O) groups is 1. The number of ether oxygens (including phenoxy) is 1. The van der Waals surface area contributed by atoms with E-state index in [9.17, 15) is 4.79 Å². The maximum Gasteiger partial charge on any atom is 0.162 e. The molecule has 0 radical (unpaired) electrons. The van der Waals surface area contributed by atoms with Gasteiger partial charge in [-0.05, 0) is 26.7 Å². The lowest BCUT2D eigenvalue weighted by Crippen LogP contribution is -2.03. The number of hydrogen-bond acceptors (Lipinski definition) is 2. The zero-order valence-corrected chi connectivity index (χ0v) is 9.43. The summed E-state index contributed by atoms with van der Waals surface area (Å²) in [4.78, 5) is 11.5. The minimum absolute atomic E-state index is 0.188. The van der Waals surface area contributed by atoms with E-state index in [1.807, 2.05) is 13.8 Å². The average molecular weight is 196 g/mol. The lowest BCUT2D eigenvalue weighted by atomic mass is 10.1. The molecular formula is C12H20O2. The van der Waals surface area contributed by atoms with Crippen molar-refractivity contribution in [3.05, 3.63) is 11.3 Å². The van der Waals surface area contributed by atoms with Gasteiger partial charge in [0.05, 0.1) is 6.10 Å². The lowest BCUT2D eigenvalue weighted by Gasteiger charge is -2.12. The van der Waals surface area contributed by atoms with Crippen LogP contribution >= 0.6 is 0 Å². The van der Waals surface area contributed by atoms with Crippen LogP contribution in [0.1, 0.15) is 52.9 Å². The van der Waals surface area contributed by atoms with Crippen molar-refractivity contribution in [1.29, 1.82) is 0 Å². The number of hydrogen-bond donors (Lipinski definition) is 0. The third-order valence-corrected chi connectivity index (χ3v) is 2.41. The van der Waals surface area contributed by atoms with Gasteiger partial charge in [-0.3, -0.25) is 4.79 Å². The van der Waals surface area contributed by atoms with Crippen LogP contribution < -0.4 is 0 Å². The Bertz CT molecular complexity index is 239. The monoisotopic (exact) mass is 196 g/mol. The Balaban J connectivity index is 2.64. The molecule has 0 amide bonds. The highest BCUT2D eigenvalue weighted by Gasteiger charge is 2.24. The van der Waals surface area contributed by atoms with Crippen LogP contribution in [0.25, 0.3) is 0 Å². The maximum atomic E-state index is 11.5. The molecule has 0 saturated heterocycles. The van der Waals surface area contributed by atoms with Crippen LogP contribution in [0.2, 0.25) is 0 Å². The summed E-state index contributed by atoms with van der Waals surface area (Å²) in [5, 5.41) is 0. The summed E-state index contributed by atoms with van der Waals surface area (Å²) >= 11 is 0. The summed E-state index contributed by atoms with van der Waals surface area (Å²) in [6, 6.07) is 0. The number of allylic oxidation sites excluding steroid dienone is 2. The molecule has 0 aromatic carbocycles. The van der Waals surface area contributed by atoms with Crippen molar-refractivity contribution in [2.45, 2.75) is 59.0 Å². The van der Waals surface area contributed by atoms with Crippen LogP contribution in [0, 0.1) is 0 Å². The summed E-state index contributed by atoms with van der Waals surface area (Å²) < 4.78 is 5.65. The van der Waals surface area contributed by atoms with Crippen LogP contribution in [0.15, 0.2) is 11.3 Å². The van der Waals surface area contributed by atoms with Crippen LogP contribution in [0.3, 0.4) is 0 Å². The highest BCUT2D eigenvalue weighted by molar-refractivity contribution is 5.98. The number of ketones is 1. The highest BCUT2D eigenvalue weighted by Crippen LogP contribution is 2.28. The van der Waals surface area contributed by atoms with Gasteiger partial charge >= 0.3 is 0 Å². The molecule has 14 heavy (non-hydrogen) atoms. The topological polar surface area (TPSA) is 26.3 Å². The Kier molecular flexibility index (Phi) is 4.18. The minimum atomic E-state index is 0.188. The van der Waals surface area contributed by atoms with E-state index in [-0.39, 0.29) is 6.10 Å². The third-order valence-electron chi connectivity index (χ3n) is 2.41. The highest BCUT2D eigenvalue weighted by atomic mass is 16.5. The first-order chi connectivity index (χ1) is 6.65. The molecule has 0 N–H and O–H groups in total. The second kappa shape index (κ2) is 5.18. The molecule has 0 unspecified atom stereocenters. The van der Waals surface area contributed by atoms with Crippen molar-refractivity contribution in [3.8, 4) is 0 Å². The maximum absolute atomic E-state index is 11.5. The van der Waals surface area contributed by atoms with Gasteiger partial charge in [0.1, 0.15) is 5.76 Å². The average Bonchev–Trinajstić information content (AvgIpc) is 2.44. The second-order valence-corrected chi connectivity index (χ2v) is 4.10. The SMILES string of the molecule is CCCCC1=C(OC(C)C)CCC1=O. The number of Topliss-reactive ketones (excluding diaryl/α,β-unsaturated/α-hetero) is 1. The van der Waals surface area contributed by atoms with Crippen molar-refractivity contribution in [3.63, 3.8) is 0 Å². The number of carbonyl (C=O) groups excluding carboxylic acids is 1. The molecule has 0 heterocycles. The fourth-order valence-corrected chi connectivity index (χ4v) is 1.73. The van der Waals surface area contributed by atoms with E-state index in [1.54, 1.807) is 0 Å². The Morgan fingerprint density at radius 3 is 2.64 bits per heavy atom. The molecule has 1 rings (SSSR count). The first-order valence-corrected chi connectivity index (χ1v) is 5.57. The van der Waals surface area contributed by atoms with Gasteiger partial charge in [-0.25, -0.2) is 0 Å². The first-order valence-electron chi connectivity index (χ1n) is 5.57. The van der Waals surface area contributed by atoms with Gasteiger partial charge in [0.2, 0.25) is 0 Å².